The molecule has 1 fully saturated rings. The summed E-state index contributed by atoms with van der Waals surface area (Å²) < 4.78 is 21.9. The maximum atomic E-state index is 11.8. The molecule has 0 saturated carbocycles. The van der Waals surface area contributed by atoms with E-state index in [-0.39, 0.29) is 24.2 Å². The molecule has 1 aliphatic heterocycles. The summed E-state index contributed by atoms with van der Waals surface area (Å²) in [6.07, 6.45) is 2.05. The lowest BCUT2D eigenvalue weighted by atomic mass is 10.1. The molecular weight excluding hydrogens is 244 g/mol. The smallest absolute Gasteiger partial charge is 0.239 e. The summed E-state index contributed by atoms with van der Waals surface area (Å²) in [6, 6.07) is -0.764. The highest BCUT2D eigenvalue weighted by atomic mass is 32.2. The van der Waals surface area contributed by atoms with Gasteiger partial charge in [-0.05, 0) is 19.3 Å². The first-order chi connectivity index (χ1) is 7.79. The summed E-state index contributed by atoms with van der Waals surface area (Å²) in [5.74, 6) is -0.295. The molecule has 0 aromatic rings. The van der Waals surface area contributed by atoms with Crippen LogP contribution in [0.3, 0.4) is 0 Å². The third kappa shape index (κ3) is 5.01. The van der Waals surface area contributed by atoms with Crippen LogP contribution in [0.4, 0.5) is 0 Å². The Morgan fingerprint density at radius 1 is 1.47 bits per heavy atom. The van der Waals surface area contributed by atoms with Crippen molar-refractivity contribution in [2.24, 2.45) is 5.73 Å². The molecule has 0 radical (unpaired) electrons. The second kappa shape index (κ2) is 5.79. The van der Waals surface area contributed by atoms with Crippen LogP contribution in [0.5, 0.6) is 0 Å². The highest BCUT2D eigenvalue weighted by Crippen LogP contribution is 2.11. The molecule has 1 rings (SSSR count). The van der Waals surface area contributed by atoms with E-state index in [1.165, 1.54) is 0 Å². The van der Waals surface area contributed by atoms with Crippen molar-refractivity contribution in [1.29, 1.82) is 0 Å². The first kappa shape index (κ1) is 14.4. The third-order valence-corrected chi connectivity index (χ3v) is 3.87. The lowest BCUT2D eigenvalue weighted by Crippen LogP contribution is -2.48. The van der Waals surface area contributed by atoms with Crippen LogP contribution in [0, 0.1) is 0 Å². The number of aliphatic hydroxyl groups excluding tert-OH is 1. The Hall–Kier alpha value is -0.660. The molecule has 0 aromatic heterocycles. The second-order valence-corrected chi connectivity index (χ2v) is 6.84. The highest BCUT2D eigenvalue weighted by molar-refractivity contribution is 7.90. The fourth-order valence-electron chi connectivity index (χ4n) is 1.79. The summed E-state index contributed by atoms with van der Waals surface area (Å²) in [5, 5.41) is 9.31. The molecule has 0 spiro atoms. The summed E-state index contributed by atoms with van der Waals surface area (Å²) in [4.78, 5) is 13.4. The van der Waals surface area contributed by atoms with Gasteiger partial charge in [0, 0.05) is 19.3 Å². The molecular formula is C10H20N2O4S. The minimum Gasteiger partial charge on any atom is -0.393 e. The third-order valence-electron chi connectivity index (χ3n) is 2.89. The number of hydrogen-bond donors (Lipinski definition) is 2. The number of nitrogens with two attached hydrogens (primary N) is 1. The molecule has 1 heterocycles. The molecule has 7 heteroatoms. The van der Waals surface area contributed by atoms with Gasteiger partial charge in [0.05, 0.1) is 17.9 Å². The minimum atomic E-state index is -3.08. The van der Waals surface area contributed by atoms with Gasteiger partial charge in [-0.25, -0.2) is 8.42 Å². The van der Waals surface area contributed by atoms with Crippen LogP contribution in [-0.4, -0.2) is 61.6 Å². The zero-order chi connectivity index (χ0) is 13.1. The fraction of sp³-hybridized carbons (Fsp3) is 0.900. The molecule has 6 nitrogen and oxygen atoms in total. The van der Waals surface area contributed by atoms with Crippen LogP contribution in [0.1, 0.15) is 19.3 Å². The molecule has 17 heavy (non-hydrogen) atoms. The van der Waals surface area contributed by atoms with Crippen molar-refractivity contribution in [3.05, 3.63) is 0 Å². The van der Waals surface area contributed by atoms with Gasteiger partial charge in [0.25, 0.3) is 0 Å². The Morgan fingerprint density at radius 3 is 2.47 bits per heavy atom. The zero-order valence-electron chi connectivity index (χ0n) is 10.0. The number of aliphatic hydroxyl groups is 1. The Kier molecular flexibility index (Phi) is 4.91. The van der Waals surface area contributed by atoms with Gasteiger partial charge in [-0.2, -0.15) is 0 Å². The van der Waals surface area contributed by atoms with E-state index in [0.29, 0.717) is 25.9 Å². The van der Waals surface area contributed by atoms with E-state index in [4.69, 9.17) is 5.73 Å². The Bertz CT molecular complexity index is 361. The lowest BCUT2D eigenvalue weighted by molar-refractivity contribution is -0.134. The first-order valence-electron chi connectivity index (χ1n) is 5.70. The van der Waals surface area contributed by atoms with Crippen LogP contribution < -0.4 is 5.73 Å². The van der Waals surface area contributed by atoms with Gasteiger partial charge in [0.15, 0.2) is 0 Å². The number of sulfone groups is 1. The van der Waals surface area contributed by atoms with Crippen LogP contribution in [-0.2, 0) is 14.6 Å². The quantitative estimate of drug-likeness (QED) is 0.659. The van der Waals surface area contributed by atoms with Crippen molar-refractivity contribution in [3.63, 3.8) is 0 Å². The second-order valence-electron chi connectivity index (χ2n) is 4.58. The molecule has 1 atom stereocenters. The Balaban J connectivity index is 2.41. The van der Waals surface area contributed by atoms with Crippen LogP contribution >= 0.6 is 0 Å². The fourth-order valence-corrected chi connectivity index (χ4v) is 2.47. The van der Waals surface area contributed by atoms with E-state index in [9.17, 15) is 18.3 Å². The van der Waals surface area contributed by atoms with E-state index in [0.717, 1.165) is 6.26 Å². The van der Waals surface area contributed by atoms with Gasteiger partial charge in [0.2, 0.25) is 5.91 Å². The number of rotatable bonds is 4. The van der Waals surface area contributed by atoms with Crippen LogP contribution in [0.15, 0.2) is 0 Å². The predicted molar refractivity (Wildman–Crippen MR) is 64.1 cm³/mol. The molecule has 3 N–H and O–H groups in total. The molecule has 1 amide bonds. The number of piperidine rings is 1. The monoisotopic (exact) mass is 264 g/mol. The SMILES string of the molecule is CS(=O)(=O)CCC(N)C(=O)N1CCC(O)CC1. The highest BCUT2D eigenvalue weighted by Gasteiger charge is 2.25. The maximum absolute atomic E-state index is 11.8. The minimum absolute atomic E-state index is 0.0730. The first-order valence-corrected chi connectivity index (χ1v) is 7.76. The number of carbonyl (C=O) groups is 1. The van der Waals surface area contributed by atoms with Crippen molar-refractivity contribution in [1.82, 2.24) is 4.90 Å². The molecule has 1 unspecified atom stereocenters. The van der Waals surface area contributed by atoms with E-state index in [1.54, 1.807) is 4.90 Å². The van der Waals surface area contributed by atoms with E-state index in [1.807, 2.05) is 0 Å². The molecule has 0 aromatic carbocycles. The van der Waals surface area contributed by atoms with E-state index in [2.05, 4.69) is 0 Å². The van der Waals surface area contributed by atoms with Crippen LogP contribution in [0.2, 0.25) is 0 Å². The standard InChI is InChI=1S/C10H20N2O4S/c1-17(15,16)7-4-9(11)10(14)12-5-2-8(13)3-6-12/h8-9,13H,2-7,11H2,1H3. The summed E-state index contributed by atoms with van der Waals surface area (Å²) in [5.41, 5.74) is 5.67. The summed E-state index contributed by atoms with van der Waals surface area (Å²) >= 11 is 0. The van der Waals surface area contributed by atoms with Crippen molar-refractivity contribution in [3.8, 4) is 0 Å². The average Bonchev–Trinajstić information content (AvgIpc) is 2.25. The zero-order valence-corrected chi connectivity index (χ0v) is 10.8. The van der Waals surface area contributed by atoms with Crippen molar-refractivity contribution >= 4 is 15.7 Å². The number of likely N-dealkylation sites (tertiary alicyclic amines) is 1. The Morgan fingerprint density at radius 2 is 2.00 bits per heavy atom. The average molecular weight is 264 g/mol. The Labute approximate surface area is 102 Å². The number of nitrogens with zero attached hydrogens (tertiary/aromatic N) is 1. The van der Waals surface area contributed by atoms with Crippen molar-refractivity contribution in [2.45, 2.75) is 31.4 Å². The number of carbonyl (C=O) groups excluding carboxylic acids is 1. The van der Waals surface area contributed by atoms with Crippen LogP contribution in [0.25, 0.3) is 0 Å². The van der Waals surface area contributed by atoms with Gasteiger partial charge >= 0.3 is 0 Å². The maximum Gasteiger partial charge on any atom is 0.239 e. The van der Waals surface area contributed by atoms with E-state index < -0.39 is 15.9 Å². The lowest BCUT2D eigenvalue weighted by Gasteiger charge is -2.31. The van der Waals surface area contributed by atoms with Gasteiger partial charge < -0.3 is 15.7 Å². The number of amides is 1. The molecule has 100 valence electrons. The summed E-state index contributed by atoms with van der Waals surface area (Å²) in [7, 11) is -3.08. The van der Waals surface area contributed by atoms with E-state index >= 15 is 0 Å². The van der Waals surface area contributed by atoms with Gasteiger partial charge in [-0.15, -0.1) is 0 Å². The number of hydrogen-bond acceptors (Lipinski definition) is 5. The molecule has 1 aliphatic rings. The van der Waals surface area contributed by atoms with Crippen molar-refractivity contribution < 1.29 is 18.3 Å². The molecule has 0 bridgehead atoms. The predicted octanol–water partition coefficient (Wildman–Crippen LogP) is -1.27. The molecule has 1 saturated heterocycles. The van der Waals surface area contributed by atoms with Crippen molar-refractivity contribution in [2.75, 3.05) is 25.1 Å². The molecule has 0 aliphatic carbocycles. The van der Waals surface area contributed by atoms with Gasteiger partial charge in [-0.3, -0.25) is 4.79 Å². The topological polar surface area (TPSA) is 101 Å². The summed E-state index contributed by atoms with van der Waals surface area (Å²) in [6.45, 7) is 0.985. The van der Waals surface area contributed by atoms with Gasteiger partial charge in [0.1, 0.15) is 9.84 Å². The van der Waals surface area contributed by atoms with Gasteiger partial charge in [-0.1, -0.05) is 0 Å². The normalized spacial score (nSPS) is 20.3. The largest absolute Gasteiger partial charge is 0.393 e.